The number of aryl methyl sites for hydroxylation is 1. The van der Waals surface area contributed by atoms with Gasteiger partial charge in [0.2, 0.25) is 0 Å². The second-order valence-electron chi connectivity index (χ2n) is 4.42. The number of H-pyrrole nitrogens is 1. The van der Waals surface area contributed by atoms with Gasteiger partial charge in [0.1, 0.15) is 0 Å². The van der Waals surface area contributed by atoms with E-state index in [4.69, 9.17) is 0 Å². The first-order valence-corrected chi connectivity index (χ1v) is 5.38. The van der Waals surface area contributed by atoms with Crippen molar-refractivity contribution in [3.8, 4) is 0 Å². The summed E-state index contributed by atoms with van der Waals surface area (Å²) in [4.78, 5) is 5.54. The number of rotatable bonds is 3. The van der Waals surface area contributed by atoms with E-state index < -0.39 is 0 Å². The van der Waals surface area contributed by atoms with E-state index in [-0.39, 0.29) is 0 Å². The third-order valence-electron chi connectivity index (χ3n) is 2.75. The second-order valence-corrected chi connectivity index (χ2v) is 4.42. The Kier molecular flexibility index (Phi) is 2.78. The lowest BCUT2D eigenvalue weighted by Gasteiger charge is -2.08. The molecule has 80 valence electrons. The van der Waals surface area contributed by atoms with E-state index >= 15 is 0 Å². The average Bonchev–Trinajstić information content (AvgIpc) is 2.57. The molecule has 0 unspecified atom stereocenters. The van der Waals surface area contributed by atoms with Crippen molar-refractivity contribution in [3.63, 3.8) is 0 Å². The van der Waals surface area contributed by atoms with Crippen LogP contribution in [-0.4, -0.2) is 30.5 Å². The van der Waals surface area contributed by atoms with E-state index in [1.165, 1.54) is 22.0 Å². The number of aromatic amines is 1. The minimum Gasteiger partial charge on any atom is -0.361 e. The summed E-state index contributed by atoms with van der Waals surface area (Å²) >= 11 is 0. The van der Waals surface area contributed by atoms with Crippen LogP contribution >= 0.6 is 0 Å². The molecule has 0 aliphatic heterocycles. The smallest absolute Gasteiger partial charge is 0.0456 e. The lowest BCUT2D eigenvalue weighted by atomic mass is 10.1. The quantitative estimate of drug-likeness (QED) is 0.810. The van der Waals surface area contributed by atoms with Gasteiger partial charge in [0.15, 0.2) is 0 Å². The summed E-state index contributed by atoms with van der Waals surface area (Å²) in [6.45, 7) is 3.24. The molecule has 2 rings (SSSR count). The zero-order valence-electron chi connectivity index (χ0n) is 9.67. The molecule has 0 aliphatic carbocycles. The van der Waals surface area contributed by atoms with Gasteiger partial charge < -0.3 is 9.88 Å². The number of hydrogen-bond donors (Lipinski definition) is 1. The zero-order valence-corrected chi connectivity index (χ0v) is 9.67. The first kappa shape index (κ1) is 10.2. The van der Waals surface area contributed by atoms with Crippen LogP contribution < -0.4 is 0 Å². The van der Waals surface area contributed by atoms with Crippen LogP contribution in [-0.2, 0) is 6.42 Å². The lowest BCUT2D eigenvalue weighted by Crippen LogP contribution is -2.14. The molecule has 1 heterocycles. The van der Waals surface area contributed by atoms with Crippen molar-refractivity contribution in [2.45, 2.75) is 13.3 Å². The third-order valence-corrected chi connectivity index (χ3v) is 2.75. The molecule has 15 heavy (non-hydrogen) atoms. The molecule has 0 saturated heterocycles. The van der Waals surface area contributed by atoms with Crippen molar-refractivity contribution in [2.24, 2.45) is 0 Å². The van der Waals surface area contributed by atoms with Gasteiger partial charge >= 0.3 is 0 Å². The van der Waals surface area contributed by atoms with Crippen LogP contribution in [0.2, 0.25) is 0 Å². The Labute approximate surface area is 90.9 Å². The average molecular weight is 202 g/mol. The van der Waals surface area contributed by atoms with Crippen molar-refractivity contribution in [1.82, 2.24) is 9.88 Å². The maximum Gasteiger partial charge on any atom is 0.0456 e. The van der Waals surface area contributed by atoms with Gasteiger partial charge in [-0.15, -0.1) is 0 Å². The Balaban J connectivity index is 2.31. The molecule has 0 radical (unpaired) electrons. The first-order chi connectivity index (χ1) is 7.16. The van der Waals surface area contributed by atoms with Gasteiger partial charge in [0, 0.05) is 23.6 Å². The molecular weight excluding hydrogens is 184 g/mol. The summed E-state index contributed by atoms with van der Waals surface area (Å²) in [6, 6.07) is 6.56. The highest BCUT2D eigenvalue weighted by molar-refractivity contribution is 5.83. The molecule has 0 atom stereocenters. The number of benzene rings is 1. The molecule has 0 aliphatic rings. The van der Waals surface area contributed by atoms with Gasteiger partial charge in [-0.25, -0.2) is 0 Å². The summed E-state index contributed by atoms with van der Waals surface area (Å²) in [5.74, 6) is 0. The third kappa shape index (κ3) is 2.21. The highest BCUT2D eigenvalue weighted by Crippen LogP contribution is 2.19. The van der Waals surface area contributed by atoms with Crippen LogP contribution in [0.15, 0.2) is 24.4 Å². The van der Waals surface area contributed by atoms with Crippen LogP contribution in [0.1, 0.15) is 11.1 Å². The molecule has 2 aromatic rings. The molecule has 0 saturated carbocycles. The SMILES string of the molecule is Cc1ccc2[nH]cc(CCN(C)C)c2c1. The fraction of sp³-hybridized carbons (Fsp3) is 0.385. The molecule has 0 spiro atoms. The predicted molar refractivity (Wildman–Crippen MR) is 65.3 cm³/mol. The molecule has 1 N–H and O–H groups in total. The van der Waals surface area contributed by atoms with Crippen molar-refractivity contribution in [3.05, 3.63) is 35.5 Å². The predicted octanol–water partition coefficient (Wildman–Crippen LogP) is 2.58. The van der Waals surface area contributed by atoms with Gasteiger partial charge in [-0.1, -0.05) is 11.6 Å². The summed E-state index contributed by atoms with van der Waals surface area (Å²) < 4.78 is 0. The van der Waals surface area contributed by atoms with Gasteiger partial charge in [0.25, 0.3) is 0 Å². The summed E-state index contributed by atoms with van der Waals surface area (Å²) in [5.41, 5.74) is 3.99. The van der Waals surface area contributed by atoms with Crippen LogP contribution in [0.4, 0.5) is 0 Å². The van der Waals surface area contributed by atoms with Crippen LogP contribution in [0.25, 0.3) is 10.9 Å². The Hall–Kier alpha value is -1.28. The molecule has 1 aromatic heterocycles. The van der Waals surface area contributed by atoms with E-state index in [0.29, 0.717) is 0 Å². The van der Waals surface area contributed by atoms with Crippen molar-refractivity contribution < 1.29 is 0 Å². The lowest BCUT2D eigenvalue weighted by molar-refractivity contribution is 0.414. The number of nitrogens with one attached hydrogen (secondary N) is 1. The van der Waals surface area contributed by atoms with E-state index in [1.807, 2.05) is 0 Å². The minimum absolute atomic E-state index is 1.10. The topological polar surface area (TPSA) is 19.0 Å². The van der Waals surface area contributed by atoms with Crippen molar-refractivity contribution in [2.75, 3.05) is 20.6 Å². The molecule has 0 bridgehead atoms. The molecule has 2 heteroatoms. The number of likely N-dealkylation sites (N-methyl/N-ethyl adjacent to an activating group) is 1. The van der Waals surface area contributed by atoms with Crippen molar-refractivity contribution in [1.29, 1.82) is 0 Å². The summed E-state index contributed by atoms with van der Waals surface area (Å²) in [7, 11) is 4.22. The first-order valence-electron chi connectivity index (χ1n) is 5.38. The molecule has 2 nitrogen and oxygen atoms in total. The van der Waals surface area contributed by atoms with Gasteiger partial charge in [-0.3, -0.25) is 0 Å². The van der Waals surface area contributed by atoms with E-state index in [2.05, 4.69) is 55.3 Å². The number of aromatic nitrogens is 1. The van der Waals surface area contributed by atoms with E-state index in [0.717, 1.165) is 13.0 Å². The van der Waals surface area contributed by atoms with Gasteiger partial charge in [0.05, 0.1) is 0 Å². The Morgan fingerprint density at radius 2 is 2.07 bits per heavy atom. The molecule has 1 aromatic carbocycles. The van der Waals surface area contributed by atoms with Crippen molar-refractivity contribution >= 4 is 10.9 Å². The highest BCUT2D eigenvalue weighted by Gasteiger charge is 2.03. The second kappa shape index (κ2) is 4.07. The van der Waals surface area contributed by atoms with E-state index in [9.17, 15) is 0 Å². The summed E-state index contributed by atoms with van der Waals surface area (Å²) in [5, 5.41) is 1.37. The molecular formula is C13H18N2. The standard InChI is InChI=1S/C13H18N2/c1-10-4-5-13-12(8-10)11(9-14-13)6-7-15(2)3/h4-5,8-9,14H,6-7H2,1-3H3. The Morgan fingerprint density at radius 1 is 1.27 bits per heavy atom. The monoisotopic (exact) mass is 202 g/mol. The maximum absolute atomic E-state index is 3.32. The fourth-order valence-corrected chi connectivity index (χ4v) is 1.84. The molecule has 0 amide bonds. The minimum atomic E-state index is 1.10. The van der Waals surface area contributed by atoms with Crippen LogP contribution in [0, 0.1) is 6.92 Å². The number of fused-ring (bicyclic) bond motifs is 1. The fourth-order valence-electron chi connectivity index (χ4n) is 1.84. The number of nitrogens with zero attached hydrogens (tertiary/aromatic N) is 1. The zero-order chi connectivity index (χ0) is 10.8. The van der Waals surface area contributed by atoms with Crippen LogP contribution in [0.3, 0.4) is 0 Å². The van der Waals surface area contributed by atoms with E-state index in [1.54, 1.807) is 0 Å². The molecule has 0 fully saturated rings. The van der Waals surface area contributed by atoms with Gasteiger partial charge in [-0.05, 0) is 45.1 Å². The largest absolute Gasteiger partial charge is 0.361 e. The number of hydrogen-bond acceptors (Lipinski definition) is 1. The van der Waals surface area contributed by atoms with Gasteiger partial charge in [-0.2, -0.15) is 0 Å². The highest BCUT2D eigenvalue weighted by atomic mass is 15.0. The summed E-state index contributed by atoms with van der Waals surface area (Å²) in [6.07, 6.45) is 3.24. The maximum atomic E-state index is 3.32. The van der Waals surface area contributed by atoms with Crippen LogP contribution in [0.5, 0.6) is 0 Å². The normalized spacial score (nSPS) is 11.5. The Bertz CT molecular complexity index is 455. The Morgan fingerprint density at radius 3 is 2.80 bits per heavy atom.